The van der Waals surface area contributed by atoms with Gasteiger partial charge >= 0.3 is 12.1 Å². The van der Waals surface area contributed by atoms with Crippen LogP contribution in [0.1, 0.15) is 25.3 Å². The van der Waals surface area contributed by atoms with E-state index in [4.69, 9.17) is 4.74 Å². The zero-order valence-corrected chi connectivity index (χ0v) is 15.4. The Morgan fingerprint density at radius 2 is 1.90 bits per heavy atom. The lowest BCUT2D eigenvalue weighted by atomic mass is 10.1. The molecule has 0 fully saturated rings. The highest BCUT2D eigenvalue weighted by Crippen LogP contribution is 2.36. The van der Waals surface area contributed by atoms with Gasteiger partial charge in [-0.3, -0.25) is 15.0 Å². The van der Waals surface area contributed by atoms with Crippen molar-refractivity contribution in [2.24, 2.45) is 0 Å². The summed E-state index contributed by atoms with van der Waals surface area (Å²) in [5.74, 6) is -2.58. The Hall–Kier alpha value is -3.56. The van der Waals surface area contributed by atoms with Crippen LogP contribution in [0.15, 0.2) is 36.4 Å². The molecule has 3 amide bonds. The fourth-order valence-electron chi connectivity index (χ4n) is 2.96. The normalized spacial score (nSPS) is 13.3. The Balaban J connectivity index is 2.03. The smallest absolute Gasteiger partial charge is 0.422 e. The number of urea groups is 1. The number of para-hydroxylation sites is 1. The third-order valence-electron chi connectivity index (χ3n) is 4.37. The Labute approximate surface area is 164 Å². The van der Waals surface area contributed by atoms with Gasteiger partial charge in [0.15, 0.2) is 11.6 Å². The van der Waals surface area contributed by atoms with Gasteiger partial charge in [0.1, 0.15) is 5.69 Å². The maximum absolute atomic E-state index is 14.5. The quantitative estimate of drug-likeness (QED) is 0.406. The van der Waals surface area contributed by atoms with Crippen molar-refractivity contribution in [2.45, 2.75) is 26.3 Å². The number of hydrogen-bond donors (Lipinski definition) is 0. The van der Waals surface area contributed by atoms with E-state index in [2.05, 4.69) is 0 Å². The van der Waals surface area contributed by atoms with E-state index < -0.39 is 40.1 Å². The van der Waals surface area contributed by atoms with Crippen LogP contribution in [0.4, 0.5) is 35.4 Å². The lowest BCUT2D eigenvalue weighted by Gasteiger charge is -2.35. The molecule has 0 atom stereocenters. The van der Waals surface area contributed by atoms with Gasteiger partial charge in [-0.25, -0.2) is 18.4 Å². The number of ether oxygens (including phenoxy) is 1. The minimum absolute atomic E-state index is 0.0849. The van der Waals surface area contributed by atoms with Gasteiger partial charge in [-0.2, -0.15) is 4.90 Å². The number of benzene rings is 2. The number of amides is 3. The number of halogens is 2. The molecule has 8 nitrogen and oxygen atoms in total. The molecule has 1 heterocycles. The predicted molar refractivity (Wildman–Crippen MR) is 99.8 cm³/mol. The molecule has 0 unspecified atom stereocenters. The predicted octanol–water partition coefficient (Wildman–Crippen LogP) is 4.76. The van der Waals surface area contributed by atoms with Crippen molar-refractivity contribution in [3.05, 3.63) is 63.7 Å². The van der Waals surface area contributed by atoms with E-state index in [-0.39, 0.29) is 18.8 Å². The van der Waals surface area contributed by atoms with Crippen molar-refractivity contribution in [1.82, 2.24) is 0 Å². The van der Waals surface area contributed by atoms with E-state index in [1.165, 1.54) is 6.07 Å². The van der Waals surface area contributed by atoms with Crippen molar-refractivity contribution < 1.29 is 28.0 Å². The number of nitrogens with zero attached hydrogens (tertiary/aromatic N) is 3. The Morgan fingerprint density at radius 3 is 2.52 bits per heavy atom. The van der Waals surface area contributed by atoms with Crippen LogP contribution in [0, 0.1) is 21.7 Å². The lowest BCUT2D eigenvalue weighted by Crippen LogP contribution is -2.51. The van der Waals surface area contributed by atoms with E-state index in [1.807, 2.05) is 6.92 Å². The van der Waals surface area contributed by atoms with Crippen LogP contribution in [0.3, 0.4) is 0 Å². The first-order chi connectivity index (χ1) is 13.8. The molecule has 0 N–H and O–H groups in total. The van der Waals surface area contributed by atoms with Crippen molar-refractivity contribution >= 4 is 29.2 Å². The molecule has 0 radical (unpaired) electrons. The molecule has 29 heavy (non-hydrogen) atoms. The molecule has 1 aliphatic rings. The monoisotopic (exact) mass is 405 g/mol. The molecular formula is C19H17F2N3O5. The Morgan fingerprint density at radius 1 is 1.24 bits per heavy atom. The molecule has 2 aromatic carbocycles. The van der Waals surface area contributed by atoms with Gasteiger partial charge < -0.3 is 4.74 Å². The van der Waals surface area contributed by atoms with Gasteiger partial charge in [-0.1, -0.05) is 31.5 Å². The van der Waals surface area contributed by atoms with Crippen LogP contribution in [-0.4, -0.2) is 23.7 Å². The van der Waals surface area contributed by atoms with Crippen LogP contribution < -0.4 is 9.80 Å². The highest BCUT2D eigenvalue weighted by molar-refractivity contribution is 6.19. The fourth-order valence-corrected chi connectivity index (χ4v) is 2.96. The van der Waals surface area contributed by atoms with Gasteiger partial charge in [0.2, 0.25) is 0 Å². The minimum Gasteiger partial charge on any atom is -0.449 e. The molecule has 1 aliphatic heterocycles. The summed E-state index contributed by atoms with van der Waals surface area (Å²) in [6.07, 6.45) is 0.386. The third-order valence-corrected chi connectivity index (χ3v) is 4.37. The molecule has 0 saturated heterocycles. The average molecular weight is 405 g/mol. The maximum Gasteiger partial charge on any atom is 0.422 e. The molecule has 3 rings (SSSR count). The Bertz CT molecular complexity index is 959. The van der Waals surface area contributed by atoms with Crippen LogP contribution in [0.2, 0.25) is 0 Å². The number of non-ortho nitro benzene ring substituents is 1. The summed E-state index contributed by atoms with van der Waals surface area (Å²) in [4.78, 5) is 36.8. The molecule has 0 spiro atoms. The zero-order valence-electron chi connectivity index (χ0n) is 15.4. The minimum atomic E-state index is -1.29. The second-order valence-electron chi connectivity index (χ2n) is 6.32. The van der Waals surface area contributed by atoms with E-state index in [0.717, 1.165) is 11.3 Å². The second kappa shape index (κ2) is 8.21. The van der Waals surface area contributed by atoms with Gasteiger partial charge in [-0.05, 0) is 18.1 Å². The summed E-state index contributed by atoms with van der Waals surface area (Å²) in [5, 5.41) is 10.8. The molecule has 0 aromatic heterocycles. The highest BCUT2D eigenvalue weighted by atomic mass is 19.1. The van der Waals surface area contributed by atoms with Gasteiger partial charge in [0.05, 0.1) is 35.9 Å². The lowest BCUT2D eigenvalue weighted by molar-refractivity contribution is -0.385. The summed E-state index contributed by atoms with van der Waals surface area (Å²) >= 11 is 0. The van der Waals surface area contributed by atoms with E-state index in [0.29, 0.717) is 29.0 Å². The summed E-state index contributed by atoms with van der Waals surface area (Å²) in [6, 6.07) is 6.41. The fraction of sp³-hybridized carbons (Fsp3) is 0.263. The number of hydrogen-bond acceptors (Lipinski definition) is 5. The highest BCUT2D eigenvalue weighted by Gasteiger charge is 2.39. The average Bonchev–Trinajstić information content (AvgIpc) is 2.67. The number of nitro benzene ring substituents is 1. The van der Waals surface area contributed by atoms with E-state index in [1.54, 1.807) is 18.2 Å². The molecule has 2 aromatic rings. The summed E-state index contributed by atoms with van der Waals surface area (Å²) in [6.45, 7) is 1.76. The molecule has 0 bridgehead atoms. The first kappa shape index (κ1) is 20.2. The van der Waals surface area contributed by atoms with Crippen molar-refractivity contribution in [2.75, 3.05) is 16.4 Å². The molecule has 10 heteroatoms. The standard InChI is InChI=1S/C19H17F2N3O5/c1-2-3-8-29-19(26)23-16-7-5-4-6-12(16)11-22(18(23)25)17-14(20)9-13(24(27)28)10-15(17)21/h4-7,9-10H,2-3,8,11H2,1H3. The summed E-state index contributed by atoms with van der Waals surface area (Å²) in [7, 11) is 0. The summed E-state index contributed by atoms with van der Waals surface area (Å²) < 4.78 is 34.1. The molecule has 0 saturated carbocycles. The number of imide groups is 1. The Kier molecular flexibility index (Phi) is 5.71. The SMILES string of the molecule is CCCCOC(=O)N1C(=O)N(c2c(F)cc([N+](=O)[O-])cc2F)Cc2ccccc21. The number of unbranched alkanes of at least 4 members (excludes halogenated alkanes) is 1. The van der Waals surface area contributed by atoms with Crippen LogP contribution in [0.5, 0.6) is 0 Å². The van der Waals surface area contributed by atoms with Crippen LogP contribution in [0.25, 0.3) is 0 Å². The number of anilines is 2. The first-order valence-electron chi connectivity index (χ1n) is 8.84. The van der Waals surface area contributed by atoms with E-state index in [9.17, 15) is 28.5 Å². The number of carbonyl (C=O) groups is 2. The van der Waals surface area contributed by atoms with Crippen LogP contribution >= 0.6 is 0 Å². The molecule has 152 valence electrons. The number of fused-ring (bicyclic) bond motifs is 1. The summed E-state index contributed by atoms with van der Waals surface area (Å²) in [5.41, 5.74) is -0.861. The second-order valence-corrected chi connectivity index (χ2v) is 6.32. The van der Waals surface area contributed by atoms with E-state index >= 15 is 0 Å². The third kappa shape index (κ3) is 3.86. The maximum atomic E-state index is 14.5. The molecular weight excluding hydrogens is 388 g/mol. The van der Waals surface area contributed by atoms with Crippen molar-refractivity contribution in [3.63, 3.8) is 0 Å². The van der Waals surface area contributed by atoms with Crippen LogP contribution in [-0.2, 0) is 11.3 Å². The largest absolute Gasteiger partial charge is 0.449 e. The number of carbonyl (C=O) groups excluding carboxylic acids is 2. The topological polar surface area (TPSA) is 93.0 Å². The number of nitro groups is 1. The number of rotatable bonds is 5. The van der Waals surface area contributed by atoms with Crippen molar-refractivity contribution in [3.8, 4) is 0 Å². The van der Waals surface area contributed by atoms with Gasteiger partial charge in [0, 0.05) is 0 Å². The van der Waals surface area contributed by atoms with Gasteiger partial charge in [-0.15, -0.1) is 0 Å². The zero-order chi connectivity index (χ0) is 21.1. The first-order valence-corrected chi connectivity index (χ1v) is 8.84. The van der Waals surface area contributed by atoms with Gasteiger partial charge in [0.25, 0.3) is 5.69 Å². The van der Waals surface area contributed by atoms with Crippen molar-refractivity contribution in [1.29, 1.82) is 0 Å². The molecule has 0 aliphatic carbocycles.